The molecule has 0 saturated carbocycles. The number of carbonyl (C=O) groups is 4. The number of carbonyl (C=O) groups excluding carboxylic acids is 4. The van der Waals surface area contributed by atoms with Crippen LogP contribution in [0, 0.1) is 5.92 Å². The number of aliphatic hydroxyl groups is 1. The molecule has 0 aliphatic carbocycles. The van der Waals surface area contributed by atoms with Crippen LogP contribution in [0.3, 0.4) is 0 Å². The molecule has 0 radical (unpaired) electrons. The lowest BCUT2D eigenvalue weighted by Gasteiger charge is -2.21. The third-order valence-corrected chi connectivity index (χ3v) is 18.4. The second kappa shape index (κ2) is 64.4. The van der Waals surface area contributed by atoms with Crippen molar-refractivity contribution in [2.45, 2.75) is 387 Å². The lowest BCUT2D eigenvalue weighted by Crippen LogP contribution is -2.30. The van der Waals surface area contributed by atoms with Gasteiger partial charge in [-0.25, -0.2) is 9.13 Å². The Labute approximate surface area is 549 Å². The smallest absolute Gasteiger partial charge is 0.462 e. The molecule has 17 nitrogen and oxygen atoms in total. The summed E-state index contributed by atoms with van der Waals surface area (Å²) in [5, 5.41) is 10.6. The van der Waals surface area contributed by atoms with Crippen LogP contribution in [0.2, 0.25) is 0 Å². The average molecular weight is 1330 g/mol. The first kappa shape index (κ1) is 88.1. The predicted molar refractivity (Wildman–Crippen MR) is 363 cm³/mol. The van der Waals surface area contributed by atoms with Crippen LogP contribution in [0.1, 0.15) is 369 Å². The highest BCUT2D eigenvalue weighted by Crippen LogP contribution is 2.45. The minimum atomic E-state index is -4.95. The van der Waals surface area contributed by atoms with Crippen molar-refractivity contribution < 1.29 is 80.2 Å². The zero-order valence-electron chi connectivity index (χ0n) is 58.3. The lowest BCUT2D eigenvalue weighted by atomic mass is 10.0. The van der Waals surface area contributed by atoms with E-state index in [1.165, 1.54) is 193 Å². The highest BCUT2D eigenvalue weighted by atomic mass is 31.2. The van der Waals surface area contributed by atoms with E-state index < -0.39 is 97.5 Å². The molecule has 0 aromatic carbocycles. The Hall–Kier alpha value is -1.94. The first-order chi connectivity index (χ1) is 43.5. The molecule has 0 spiro atoms. The van der Waals surface area contributed by atoms with E-state index in [1.807, 2.05) is 0 Å². The summed E-state index contributed by atoms with van der Waals surface area (Å²) in [4.78, 5) is 72.6. The molecule has 0 saturated heterocycles. The van der Waals surface area contributed by atoms with E-state index in [9.17, 15) is 43.2 Å². The van der Waals surface area contributed by atoms with Gasteiger partial charge < -0.3 is 33.8 Å². The highest BCUT2D eigenvalue weighted by molar-refractivity contribution is 7.47. The number of ether oxygens (including phenoxy) is 4. The Bertz CT molecular complexity index is 1740. The van der Waals surface area contributed by atoms with E-state index in [2.05, 4.69) is 34.6 Å². The fourth-order valence-electron chi connectivity index (χ4n) is 10.8. The molecule has 0 heterocycles. The van der Waals surface area contributed by atoms with Crippen molar-refractivity contribution in [1.29, 1.82) is 0 Å². The molecule has 0 aromatic rings. The van der Waals surface area contributed by atoms with Crippen LogP contribution in [0.5, 0.6) is 0 Å². The normalized spacial score (nSPS) is 14.1. The molecule has 0 fully saturated rings. The average Bonchev–Trinajstić information content (AvgIpc) is 3.17. The maximum absolute atomic E-state index is 13.0. The SMILES string of the molecule is CCCCCCCCCCCCCCCCC(=O)OC[C@H](COP(=O)(O)OC[C@@H](O)COP(=O)(O)OC[C@@H](COC(=O)CCCCCCCCCCC)OC(=O)CCCCCCCCCCCCCCC)OC(=O)CCCCCCCCCCCCCC(C)C. The quantitative estimate of drug-likeness (QED) is 0.0222. The van der Waals surface area contributed by atoms with E-state index in [0.717, 1.165) is 95.8 Å². The van der Waals surface area contributed by atoms with Crippen molar-refractivity contribution in [2.24, 2.45) is 5.92 Å². The Morgan fingerprint density at radius 1 is 0.300 bits per heavy atom. The number of unbranched alkanes of at least 4 members (excludes halogenated alkanes) is 43. The molecule has 0 aliphatic heterocycles. The Morgan fingerprint density at radius 2 is 0.511 bits per heavy atom. The number of esters is 4. The number of hydrogen-bond donors (Lipinski definition) is 3. The minimum Gasteiger partial charge on any atom is -0.462 e. The summed E-state index contributed by atoms with van der Waals surface area (Å²) >= 11 is 0. The zero-order valence-corrected chi connectivity index (χ0v) is 60.1. The van der Waals surface area contributed by atoms with Crippen molar-refractivity contribution in [3.63, 3.8) is 0 Å². The first-order valence-electron chi connectivity index (χ1n) is 37.1. The van der Waals surface area contributed by atoms with Gasteiger partial charge in [-0.05, 0) is 31.6 Å². The summed E-state index contributed by atoms with van der Waals surface area (Å²) < 4.78 is 68.3. The van der Waals surface area contributed by atoms with Gasteiger partial charge in [0.15, 0.2) is 12.2 Å². The first-order valence-corrected chi connectivity index (χ1v) is 40.1. The molecule has 0 amide bonds. The number of phosphoric acid groups is 2. The molecule has 0 aromatic heterocycles. The second-order valence-corrected chi connectivity index (χ2v) is 29.0. The van der Waals surface area contributed by atoms with Gasteiger partial charge >= 0.3 is 39.5 Å². The van der Waals surface area contributed by atoms with Gasteiger partial charge in [-0.15, -0.1) is 0 Å². The molecule has 534 valence electrons. The number of hydrogen-bond acceptors (Lipinski definition) is 15. The Morgan fingerprint density at radius 3 is 0.756 bits per heavy atom. The molecular weight excluding hydrogens is 1190 g/mol. The molecule has 0 bridgehead atoms. The van der Waals surface area contributed by atoms with Crippen LogP contribution in [0.15, 0.2) is 0 Å². The van der Waals surface area contributed by atoms with Crippen molar-refractivity contribution in [1.82, 2.24) is 0 Å². The van der Waals surface area contributed by atoms with Gasteiger partial charge in [-0.1, -0.05) is 317 Å². The standard InChI is InChI=1S/C71H138O17P2/c1-6-9-12-15-18-21-23-25-27-30-35-40-45-50-55-69(74)82-61-67(88-71(76)57-52-47-42-37-32-28-29-34-38-43-48-53-64(4)5)63-86-90(79,80)84-59-65(72)58-83-89(77,78)85-62-66(60-81-68(73)54-49-44-39-33-20-17-14-11-8-3)87-70(75)56-51-46-41-36-31-26-24-22-19-16-13-10-7-2/h64-67,72H,6-63H2,1-5H3,(H,77,78)(H,79,80)/t65-,66+,67+/m0/s1. The summed E-state index contributed by atoms with van der Waals surface area (Å²) in [7, 11) is -9.90. The molecular formula is C71H138O17P2. The topological polar surface area (TPSA) is 237 Å². The Balaban J connectivity index is 5.24. The molecule has 2 unspecified atom stereocenters. The summed E-state index contributed by atoms with van der Waals surface area (Å²) in [6.45, 7) is 7.25. The van der Waals surface area contributed by atoms with Crippen LogP contribution in [-0.4, -0.2) is 96.7 Å². The van der Waals surface area contributed by atoms with E-state index in [4.69, 9.17) is 37.0 Å². The van der Waals surface area contributed by atoms with Gasteiger partial charge in [0, 0.05) is 25.7 Å². The molecule has 5 atom stereocenters. The van der Waals surface area contributed by atoms with Crippen molar-refractivity contribution in [3.05, 3.63) is 0 Å². The molecule has 0 rings (SSSR count). The number of rotatable bonds is 71. The van der Waals surface area contributed by atoms with E-state index in [-0.39, 0.29) is 25.7 Å². The van der Waals surface area contributed by atoms with Crippen molar-refractivity contribution in [2.75, 3.05) is 39.6 Å². The van der Waals surface area contributed by atoms with Gasteiger partial charge in [0.1, 0.15) is 19.3 Å². The summed E-state index contributed by atoms with van der Waals surface area (Å²) in [5.74, 6) is -1.35. The number of phosphoric ester groups is 2. The maximum Gasteiger partial charge on any atom is 0.472 e. The van der Waals surface area contributed by atoms with Crippen LogP contribution in [0.25, 0.3) is 0 Å². The second-order valence-electron chi connectivity index (χ2n) is 26.1. The minimum absolute atomic E-state index is 0.107. The van der Waals surface area contributed by atoms with Gasteiger partial charge in [-0.2, -0.15) is 0 Å². The fourth-order valence-corrected chi connectivity index (χ4v) is 12.4. The van der Waals surface area contributed by atoms with E-state index >= 15 is 0 Å². The highest BCUT2D eigenvalue weighted by Gasteiger charge is 2.30. The molecule has 90 heavy (non-hydrogen) atoms. The van der Waals surface area contributed by atoms with Crippen LogP contribution in [0.4, 0.5) is 0 Å². The summed E-state index contributed by atoms with van der Waals surface area (Å²) in [5.41, 5.74) is 0. The monoisotopic (exact) mass is 1320 g/mol. The van der Waals surface area contributed by atoms with E-state index in [0.29, 0.717) is 25.7 Å². The molecule has 0 aliphatic rings. The van der Waals surface area contributed by atoms with Gasteiger partial charge in [0.05, 0.1) is 26.4 Å². The third kappa shape index (κ3) is 64.8. The summed E-state index contributed by atoms with van der Waals surface area (Å²) in [6.07, 6.45) is 51.2. The van der Waals surface area contributed by atoms with Crippen molar-refractivity contribution in [3.8, 4) is 0 Å². The molecule has 19 heteroatoms. The predicted octanol–water partition coefficient (Wildman–Crippen LogP) is 20.5. The largest absolute Gasteiger partial charge is 0.472 e. The van der Waals surface area contributed by atoms with E-state index in [1.54, 1.807) is 0 Å². The van der Waals surface area contributed by atoms with Crippen LogP contribution >= 0.6 is 15.6 Å². The van der Waals surface area contributed by atoms with Gasteiger partial charge in [0.25, 0.3) is 0 Å². The Kier molecular flexibility index (Phi) is 63.0. The third-order valence-electron chi connectivity index (χ3n) is 16.5. The van der Waals surface area contributed by atoms with Gasteiger partial charge in [0.2, 0.25) is 0 Å². The maximum atomic E-state index is 13.0. The summed E-state index contributed by atoms with van der Waals surface area (Å²) in [6, 6.07) is 0. The van der Waals surface area contributed by atoms with Crippen LogP contribution < -0.4 is 0 Å². The van der Waals surface area contributed by atoms with Gasteiger partial charge in [-0.3, -0.25) is 37.3 Å². The molecule has 3 N–H and O–H groups in total. The lowest BCUT2D eigenvalue weighted by molar-refractivity contribution is -0.161. The zero-order chi connectivity index (χ0) is 66.3. The van der Waals surface area contributed by atoms with Crippen molar-refractivity contribution >= 4 is 39.5 Å². The number of aliphatic hydroxyl groups excluding tert-OH is 1. The fraction of sp³-hybridized carbons (Fsp3) is 0.944. The van der Waals surface area contributed by atoms with Crippen LogP contribution in [-0.2, 0) is 65.4 Å².